The van der Waals surface area contributed by atoms with Gasteiger partial charge in [-0.1, -0.05) is 6.07 Å². The molecule has 2 aliphatic heterocycles. The lowest BCUT2D eigenvalue weighted by Gasteiger charge is -2.42. The third-order valence-electron chi connectivity index (χ3n) is 6.63. The molecule has 166 valence electrons. The van der Waals surface area contributed by atoms with E-state index in [1.165, 1.54) is 10.6 Å². The molecule has 1 fully saturated rings. The minimum absolute atomic E-state index is 0.00532. The number of fused-ring (bicyclic) bond motifs is 5. The van der Waals surface area contributed by atoms with Gasteiger partial charge in [0, 0.05) is 68.2 Å². The van der Waals surface area contributed by atoms with Gasteiger partial charge in [-0.15, -0.1) is 0 Å². The Kier molecular flexibility index (Phi) is 5.05. The summed E-state index contributed by atoms with van der Waals surface area (Å²) in [4.78, 5) is 38.3. The van der Waals surface area contributed by atoms with E-state index in [1.807, 2.05) is 35.4 Å². The van der Waals surface area contributed by atoms with Crippen molar-refractivity contribution in [2.45, 2.75) is 25.4 Å². The average Bonchev–Trinajstić information content (AvgIpc) is 3.19. The van der Waals surface area contributed by atoms with E-state index < -0.39 is 16.2 Å². The van der Waals surface area contributed by atoms with E-state index in [4.69, 9.17) is 4.74 Å². The van der Waals surface area contributed by atoms with Crippen LogP contribution in [0.2, 0.25) is 0 Å². The highest BCUT2D eigenvalue weighted by Gasteiger charge is 2.37. The number of carbonyl (C=O) groups excluding carboxylic acids is 1. The lowest BCUT2D eigenvalue weighted by Crippen LogP contribution is -2.49. The Morgan fingerprint density at radius 3 is 2.81 bits per heavy atom. The number of likely N-dealkylation sites (tertiary alicyclic amines) is 1. The third kappa shape index (κ3) is 3.38. The quantitative estimate of drug-likeness (QED) is 0.452. The fourth-order valence-corrected chi connectivity index (χ4v) is 5.12. The molecule has 0 radical (unpaired) electrons. The second kappa shape index (κ2) is 7.90. The van der Waals surface area contributed by atoms with Crippen LogP contribution in [-0.4, -0.2) is 51.7 Å². The average molecular weight is 436 g/mol. The topological polar surface area (TPSA) is 99.6 Å². The Hall–Kier alpha value is -3.46. The molecule has 1 amide bonds. The van der Waals surface area contributed by atoms with Crippen LogP contribution < -0.4 is 5.56 Å². The number of methoxy groups -OCH3 is 1. The highest BCUT2D eigenvalue weighted by atomic mass is 16.6. The first-order valence-electron chi connectivity index (χ1n) is 10.7. The number of ether oxygens (including phenoxy) is 1. The van der Waals surface area contributed by atoms with Gasteiger partial charge in [-0.25, -0.2) is 0 Å². The Morgan fingerprint density at radius 1 is 1.19 bits per heavy atom. The number of amides is 1. The minimum atomic E-state index is -0.630. The first-order chi connectivity index (χ1) is 15.5. The standard InChI is InChI=1S/C23H24N4O5/c1-32-9-8-24-7-6-16-2-3-17(11-21(16)24)22(28)25-12-15-10-18(14-25)19-4-5-20(27(30)31)23(29)26(19)13-15/h2-7,11,15,18H,8-10,12-14H2,1H3. The van der Waals surface area contributed by atoms with Gasteiger partial charge < -0.3 is 18.8 Å². The van der Waals surface area contributed by atoms with Crippen LogP contribution in [0.3, 0.4) is 0 Å². The number of benzene rings is 1. The molecule has 2 atom stereocenters. The van der Waals surface area contributed by atoms with Gasteiger partial charge in [0.2, 0.25) is 0 Å². The molecule has 0 N–H and O–H groups in total. The first kappa shape index (κ1) is 20.4. The predicted molar refractivity (Wildman–Crippen MR) is 118 cm³/mol. The van der Waals surface area contributed by atoms with Gasteiger partial charge in [0.25, 0.3) is 5.91 Å². The minimum Gasteiger partial charge on any atom is -0.383 e. The summed E-state index contributed by atoms with van der Waals surface area (Å²) in [6, 6.07) is 10.7. The van der Waals surface area contributed by atoms with Crippen LogP contribution in [0.1, 0.15) is 28.4 Å². The largest absolute Gasteiger partial charge is 0.383 e. The fraction of sp³-hybridized carbons (Fsp3) is 0.391. The molecule has 9 heteroatoms. The van der Waals surface area contributed by atoms with E-state index in [2.05, 4.69) is 4.57 Å². The number of nitro groups is 1. The van der Waals surface area contributed by atoms with Crippen LogP contribution in [0, 0.1) is 16.0 Å². The van der Waals surface area contributed by atoms with Crippen molar-refractivity contribution in [1.82, 2.24) is 14.0 Å². The summed E-state index contributed by atoms with van der Waals surface area (Å²) in [6.07, 6.45) is 2.87. The van der Waals surface area contributed by atoms with Gasteiger partial charge >= 0.3 is 11.2 Å². The van der Waals surface area contributed by atoms with Gasteiger partial charge in [0.05, 0.1) is 11.5 Å². The number of piperidine rings is 1. The van der Waals surface area contributed by atoms with Gasteiger partial charge in [-0.05, 0) is 42.0 Å². The highest BCUT2D eigenvalue weighted by molar-refractivity contribution is 5.98. The summed E-state index contributed by atoms with van der Waals surface area (Å²) in [7, 11) is 1.66. The lowest BCUT2D eigenvalue weighted by molar-refractivity contribution is -0.386. The molecule has 9 nitrogen and oxygen atoms in total. The maximum absolute atomic E-state index is 13.4. The van der Waals surface area contributed by atoms with Gasteiger partial charge in [-0.3, -0.25) is 19.7 Å². The highest BCUT2D eigenvalue weighted by Crippen LogP contribution is 2.36. The lowest BCUT2D eigenvalue weighted by atomic mass is 9.83. The Morgan fingerprint density at radius 2 is 2.03 bits per heavy atom. The summed E-state index contributed by atoms with van der Waals surface area (Å²) in [6.45, 7) is 2.73. The predicted octanol–water partition coefficient (Wildman–Crippen LogP) is 2.62. The zero-order valence-electron chi connectivity index (χ0n) is 17.8. The molecule has 2 aliphatic rings. The molecule has 0 spiro atoms. The van der Waals surface area contributed by atoms with Crippen LogP contribution in [0.25, 0.3) is 10.9 Å². The van der Waals surface area contributed by atoms with Crippen LogP contribution >= 0.6 is 0 Å². The van der Waals surface area contributed by atoms with Crippen LogP contribution in [0.4, 0.5) is 5.69 Å². The smallest absolute Gasteiger partial charge is 0.334 e. The maximum atomic E-state index is 13.4. The molecule has 5 rings (SSSR count). The Bertz CT molecular complexity index is 1280. The molecule has 0 saturated carbocycles. The molecular weight excluding hydrogens is 412 g/mol. The SMILES string of the molecule is COCCn1ccc2ccc(C(=O)N3CC4CC(C3)c3ccc([N+](=O)[O-])c(=O)n3C4)cc21. The Labute approximate surface area is 184 Å². The molecule has 2 unspecified atom stereocenters. The molecule has 0 aliphatic carbocycles. The van der Waals surface area contributed by atoms with Gasteiger partial charge in [-0.2, -0.15) is 0 Å². The molecule has 1 aromatic carbocycles. The molecule has 4 heterocycles. The Balaban J connectivity index is 1.42. The first-order valence-corrected chi connectivity index (χ1v) is 10.7. The van der Waals surface area contributed by atoms with Crippen molar-refractivity contribution in [3.63, 3.8) is 0 Å². The van der Waals surface area contributed by atoms with E-state index in [0.29, 0.717) is 38.3 Å². The number of nitrogens with zero attached hydrogens (tertiary/aromatic N) is 4. The third-order valence-corrected chi connectivity index (χ3v) is 6.63. The van der Waals surface area contributed by atoms with Crippen molar-refractivity contribution in [2.75, 3.05) is 26.8 Å². The summed E-state index contributed by atoms with van der Waals surface area (Å²) in [5.41, 5.74) is 1.46. The summed E-state index contributed by atoms with van der Waals surface area (Å²) >= 11 is 0. The van der Waals surface area contributed by atoms with E-state index in [-0.39, 0.29) is 17.7 Å². The van der Waals surface area contributed by atoms with E-state index in [9.17, 15) is 19.7 Å². The number of hydrogen-bond donors (Lipinski definition) is 0. The van der Waals surface area contributed by atoms with Crippen molar-refractivity contribution in [3.05, 3.63) is 74.3 Å². The van der Waals surface area contributed by atoms with Crippen molar-refractivity contribution in [1.29, 1.82) is 0 Å². The van der Waals surface area contributed by atoms with Crippen molar-refractivity contribution >= 4 is 22.5 Å². The van der Waals surface area contributed by atoms with Gasteiger partial charge in [0.1, 0.15) is 0 Å². The second-order valence-electron chi connectivity index (χ2n) is 8.60. The molecule has 32 heavy (non-hydrogen) atoms. The van der Waals surface area contributed by atoms with Gasteiger partial charge in [0.15, 0.2) is 0 Å². The zero-order chi connectivity index (χ0) is 22.4. The molecule has 3 aromatic rings. The maximum Gasteiger partial charge on any atom is 0.334 e. The second-order valence-corrected chi connectivity index (χ2v) is 8.60. The summed E-state index contributed by atoms with van der Waals surface area (Å²) in [5, 5.41) is 12.2. The monoisotopic (exact) mass is 436 g/mol. The van der Waals surface area contributed by atoms with E-state index in [0.717, 1.165) is 23.0 Å². The number of carbonyl (C=O) groups is 1. The molecule has 2 aromatic heterocycles. The number of aromatic nitrogens is 2. The number of hydrogen-bond acceptors (Lipinski definition) is 5. The summed E-state index contributed by atoms with van der Waals surface area (Å²) in [5.74, 6) is 0.0623. The van der Waals surface area contributed by atoms with Crippen molar-refractivity contribution in [3.8, 4) is 0 Å². The van der Waals surface area contributed by atoms with E-state index >= 15 is 0 Å². The van der Waals surface area contributed by atoms with Crippen molar-refractivity contribution < 1.29 is 14.5 Å². The fourth-order valence-electron chi connectivity index (χ4n) is 5.12. The van der Waals surface area contributed by atoms with Crippen LogP contribution in [-0.2, 0) is 17.8 Å². The molecule has 1 saturated heterocycles. The summed E-state index contributed by atoms with van der Waals surface area (Å²) < 4.78 is 8.79. The number of rotatable bonds is 5. The normalized spacial score (nSPS) is 19.7. The number of pyridine rings is 1. The zero-order valence-corrected chi connectivity index (χ0v) is 17.8. The van der Waals surface area contributed by atoms with Crippen LogP contribution in [0.5, 0.6) is 0 Å². The van der Waals surface area contributed by atoms with E-state index in [1.54, 1.807) is 13.2 Å². The molecule has 2 bridgehead atoms. The van der Waals surface area contributed by atoms with Crippen molar-refractivity contribution in [2.24, 2.45) is 5.92 Å². The van der Waals surface area contributed by atoms with Crippen LogP contribution in [0.15, 0.2) is 47.4 Å². The molecular formula is C23H24N4O5.